The summed E-state index contributed by atoms with van der Waals surface area (Å²) in [6.07, 6.45) is 3.83. The first kappa shape index (κ1) is 14.0. The van der Waals surface area contributed by atoms with Gasteiger partial charge < -0.3 is 15.8 Å². The highest BCUT2D eigenvalue weighted by Gasteiger charge is 2.11. The van der Waals surface area contributed by atoms with E-state index in [1.807, 2.05) is 17.1 Å². The zero-order valence-corrected chi connectivity index (χ0v) is 11.0. The van der Waals surface area contributed by atoms with Crippen LogP contribution in [0.1, 0.15) is 13.8 Å². The van der Waals surface area contributed by atoms with Gasteiger partial charge in [-0.15, -0.1) is 0 Å². The molecule has 0 saturated carbocycles. The molecule has 5 nitrogen and oxygen atoms in total. The Kier molecular flexibility index (Phi) is 6.00. The Morgan fingerprint density at radius 2 is 2.29 bits per heavy atom. The summed E-state index contributed by atoms with van der Waals surface area (Å²) >= 11 is 0. The molecule has 0 aliphatic carbocycles. The number of methoxy groups -OCH3 is 1. The smallest absolute Gasteiger partial charge is 0.0726 e. The maximum absolute atomic E-state index is 5.73. The third-order valence-electron chi connectivity index (χ3n) is 2.97. The van der Waals surface area contributed by atoms with Gasteiger partial charge in [0.25, 0.3) is 0 Å². The van der Waals surface area contributed by atoms with Crippen molar-refractivity contribution >= 4 is 5.69 Å². The highest BCUT2D eigenvalue weighted by atomic mass is 16.5. The van der Waals surface area contributed by atoms with Crippen LogP contribution in [0.25, 0.3) is 0 Å². The Labute approximate surface area is 103 Å². The molecular weight excluding hydrogens is 216 g/mol. The van der Waals surface area contributed by atoms with Crippen molar-refractivity contribution in [1.82, 2.24) is 9.78 Å². The highest BCUT2D eigenvalue weighted by molar-refractivity contribution is 5.38. The molecule has 0 aliphatic heterocycles. The fourth-order valence-corrected chi connectivity index (χ4v) is 1.60. The number of aromatic nitrogens is 2. The van der Waals surface area contributed by atoms with Crippen molar-refractivity contribution in [2.45, 2.75) is 20.4 Å². The average molecular weight is 240 g/mol. The van der Waals surface area contributed by atoms with E-state index >= 15 is 0 Å². The maximum atomic E-state index is 5.73. The van der Waals surface area contributed by atoms with Crippen LogP contribution >= 0.6 is 0 Å². The van der Waals surface area contributed by atoms with Crippen molar-refractivity contribution in [3.05, 3.63) is 12.4 Å². The normalized spacial score (nSPS) is 13.0. The first-order valence-electron chi connectivity index (χ1n) is 6.12. The van der Waals surface area contributed by atoms with Gasteiger partial charge in [0.15, 0.2) is 0 Å². The van der Waals surface area contributed by atoms with E-state index in [9.17, 15) is 0 Å². The molecule has 0 aromatic carbocycles. The minimum absolute atomic E-state index is 0.498. The van der Waals surface area contributed by atoms with Gasteiger partial charge in [-0.1, -0.05) is 13.8 Å². The van der Waals surface area contributed by atoms with Crippen LogP contribution in [0.15, 0.2) is 12.4 Å². The molecule has 1 rings (SSSR count). The number of nitrogens with zero attached hydrogens (tertiary/aromatic N) is 2. The molecule has 17 heavy (non-hydrogen) atoms. The molecule has 0 amide bonds. The Balaban J connectivity index is 2.38. The van der Waals surface area contributed by atoms with Crippen LogP contribution in [0.5, 0.6) is 0 Å². The van der Waals surface area contributed by atoms with Gasteiger partial charge in [-0.25, -0.2) is 0 Å². The summed E-state index contributed by atoms with van der Waals surface area (Å²) in [7, 11) is 1.69. The van der Waals surface area contributed by atoms with E-state index in [4.69, 9.17) is 10.5 Å². The molecule has 98 valence electrons. The van der Waals surface area contributed by atoms with Crippen LogP contribution in [-0.4, -0.2) is 36.6 Å². The molecule has 1 heterocycles. The van der Waals surface area contributed by atoms with E-state index in [0.29, 0.717) is 25.0 Å². The molecule has 0 radical (unpaired) electrons. The third kappa shape index (κ3) is 4.75. The van der Waals surface area contributed by atoms with Gasteiger partial charge in [-0.3, -0.25) is 4.68 Å². The van der Waals surface area contributed by atoms with Crippen LogP contribution in [0.4, 0.5) is 5.69 Å². The van der Waals surface area contributed by atoms with Crippen molar-refractivity contribution in [2.24, 2.45) is 17.6 Å². The summed E-state index contributed by atoms with van der Waals surface area (Å²) in [5.41, 5.74) is 6.77. The molecule has 0 spiro atoms. The van der Waals surface area contributed by atoms with Gasteiger partial charge in [0.1, 0.15) is 0 Å². The largest absolute Gasteiger partial charge is 0.383 e. The number of hydrogen-bond acceptors (Lipinski definition) is 4. The van der Waals surface area contributed by atoms with Crippen LogP contribution in [0.3, 0.4) is 0 Å². The lowest BCUT2D eigenvalue weighted by atomic mass is 9.96. The number of nitrogens with two attached hydrogens (primary N) is 1. The maximum Gasteiger partial charge on any atom is 0.0726 e. The van der Waals surface area contributed by atoms with E-state index in [1.54, 1.807) is 7.11 Å². The lowest BCUT2D eigenvalue weighted by Crippen LogP contribution is -2.27. The van der Waals surface area contributed by atoms with Gasteiger partial charge in [0, 0.05) is 19.9 Å². The van der Waals surface area contributed by atoms with E-state index in [2.05, 4.69) is 24.3 Å². The fourth-order valence-electron chi connectivity index (χ4n) is 1.60. The van der Waals surface area contributed by atoms with Gasteiger partial charge in [0.05, 0.1) is 25.0 Å². The summed E-state index contributed by atoms with van der Waals surface area (Å²) in [6, 6.07) is 0. The average Bonchev–Trinajstić information content (AvgIpc) is 2.75. The Bertz CT molecular complexity index is 311. The van der Waals surface area contributed by atoms with E-state index < -0.39 is 0 Å². The predicted molar refractivity (Wildman–Crippen MR) is 70.0 cm³/mol. The summed E-state index contributed by atoms with van der Waals surface area (Å²) < 4.78 is 6.88. The van der Waals surface area contributed by atoms with Crippen molar-refractivity contribution in [3.8, 4) is 0 Å². The molecule has 1 aromatic rings. The van der Waals surface area contributed by atoms with Gasteiger partial charge in [0.2, 0.25) is 0 Å². The Morgan fingerprint density at radius 3 is 2.88 bits per heavy atom. The molecule has 0 fully saturated rings. The summed E-state index contributed by atoms with van der Waals surface area (Å²) in [4.78, 5) is 0. The monoisotopic (exact) mass is 240 g/mol. The summed E-state index contributed by atoms with van der Waals surface area (Å²) in [5, 5.41) is 7.61. The quantitative estimate of drug-likeness (QED) is 0.716. The van der Waals surface area contributed by atoms with Gasteiger partial charge in [-0.05, 0) is 18.4 Å². The van der Waals surface area contributed by atoms with E-state index in [0.717, 1.165) is 18.8 Å². The first-order valence-corrected chi connectivity index (χ1v) is 6.12. The molecule has 0 aliphatic rings. The second kappa shape index (κ2) is 7.29. The van der Waals surface area contributed by atoms with Crippen molar-refractivity contribution in [1.29, 1.82) is 0 Å². The zero-order valence-electron chi connectivity index (χ0n) is 11.0. The molecule has 5 heteroatoms. The third-order valence-corrected chi connectivity index (χ3v) is 2.97. The lowest BCUT2D eigenvalue weighted by molar-refractivity contribution is 0.183. The predicted octanol–water partition coefficient (Wildman–Crippen LogP) is 1.17. The minimum Gasteiger partial charge on any atom is -0.383 e. The van der Waals surface area contributed by atoms with E-state index in [-0.39, 0.29) is 0 Å². The number of anilines is 1. The molecule has 0 bridgehead atoms. The van der Waals surface area contributed by atoms with Crippen molar-refractivity contribution in [3.63, 3.8) is 0 Å². The highest BCUT2D eigenvalue weighted by Crippen LogP contribution is 2.11. The molecule has 1 aromatic heterocycles. The van der Waals surface area contributed by atoms with Crippen LogP contribution in [-0.2, 0) is 11.3 Å². The zero-order chi connectivity index (χ0) is 12.7. The van der Waals surface area contributed by atoms with Crippen LogP contribution in [0.2, 0.25) is 0 Å². The van der Waals surface area contributed by atoms with Crippen molar-refractivity contribution in [2.75, 3.05) is 32.1 Å². The first-order chi connectivity index (χ1) is 8.17. The molecule has 0 saturated heterocycles. The second-order valence-corrected chi connectivity index (χ2v) is 4.61. The Hall–Kier alpha value is -1.07. The Morgan fingerprint density at radius 1 is 1.53 bits per heavy atom. The number of ether oxygens (including phenoxy) is 1. The van der Waals surface area contributed by atoms with E-state index in [1.165, 1.54) is 0 Å². The number of rotatable bonds is 8. The second-order valence-electron chi connectivity index (χ2n) is 4.61. The lowest BCUT2D eigenvalue weighted by Gasteiger charge is -2.19. The molecule has 1 unspecified atom stereocenters. The van der Waals surface area contributed by atoms with Gasteiger partial charge in [-0.2, -0.15) is 5.10 Å². The molecular formula is C12H24N4O. The standard InChI is InChI=1S/C12H24N4O/c1-10(2)11(6-13)7-14-12-8-15-16(9-12)4-5-17-3/h8-11,14H,4-7,13H2,1-3H3. The topological polar surface area (TPSA) is 65.1 Å². The van der Waals surface area contributed by atoms with Crippen molar-refractivity contribution < 1.29 is 4.74 Å². The minimum atomic E-state index is 0.498. The van der Waals surface area contributed by atoms with Gasteiger partial charge >= 0.3 is 0 Å². The SMILES string of the molecule is COCCn1cc(NCC(CN)C(C)C)cn1. The van der Waals surface area contributed by atoms with Crippen LogP contribution in [0, 0.1) is 11.8 Å². The fraction of sp³-hybridized carbons (Fsp3) is 0.750. The summed E-state index contributed by atoms with van der Waals surface area (Å²) in [5.74, 6) is 1.09. The summed E-state index contributed by atoms with van der Waals surface area (Å²) in [6.45, 7) is 7.45. The van der Waals surface area contributed by atoms with Crippen LogP contribution < -0.4 is 11.1 Å². The number of nitrogens with one attached hydrogen (secondary N) is 1. The molecule has 3 N–H and O–H groups in total. The number of hydrogen-bond donors (Lipinski definition) is 2. The molecule has 1 atom stereocenters.